The smallest absolute Gasteiger partial charge is 0.233 e. The lowest BCUT2D eigenvalue weighted by atomic mass is 10.4. The first-order valence-corrected chi connectivity index (χ1v) is 7.81. The molecule has 0 aromatic carbocycles. The third kappa shape index (κ3) is 3.69. The highest BCUT2D eigenvalue weighted by Crippen LogP contribution is 2.23. The fraction of sp³-hybridized carbons (Fsp3) is 0.300. The zero-order valence-electron chi connectivity index (χ0n) is 9.70. The largest absolute Gasteiger partial charge is 0.374 e. The Bertz CT molecular complexity index is 511. The topological polar surface area (TPSA) is 72.1 Å². The van der Waals surface area contributed by atoms with E-state index in [1.54, 1.807) is 23.3 Å². The molecule has 0 radical (unpaired) electrons. The molecule has 2 N–H and O–H groups in total. The molecule has 0 saturated carbocycles. The summed E-state index contributed by atoms with van der Waals surface area (Å²) >= 11 is 4.31. The van der Waals surface area contributed by atoms with Crippen molar-refractivity contribution in [2.24, 2.45) is 0 Å². The van der Waals surface area contributed by atoms with Crippen LogP contribution in [0.5, 0.6) is 0 Å². The quantitative estimate of drug-likeness (QED) is 0.854. The molecule has 2 heterocycles. The zero-order chi connectivity index (χ0) is 13.0. The van der Waals surface area contributed by atoms with Crippen LogP contribution in [-0.2, 0) is 11.3 Å². The standard InChI is InChI=1S/C10H12N4OS3/c1-14(5-7-3-2-4-16-7)8(15)6-17-10-13-12-9(11)18-10/h2-4H,5-6H2,1H3,(H2,11,12). The molecule has 0 bridgehead atoms. The summed E-state index contributed by atoms with van der Waals surface area (Å²) in [5.74, 6) is 0.429. The van der Waals surface area contributed by atoms with E-state index in [2.05, 4.69) is 10.2 Å². The lowest BCUT2D eigenvalue weighted by Crippen LogP contribution is -2.27. The second-order valence-electron chi connectivity index (χ2n) is 3.52. The number of thiophene rings is 1. The molecule has 0 spiro atoms. The van der Waals surface area contributed by atoms with Gasteiger partial charge in [0.15, 0.2) is 4.34 Å². The predicted octanol–water partition coefficient (Wildman–Crippen LogP) is 1.93. The van der Waals surface area contributed by atoms with E-state index in [4.69, 9.17) is 5.73 Å². The molecule has 96 valence electrons. The van der Waals surface area contributed by atoms with Gasteiger partial charge in [0.1, 0.15) is 0 Å². The van der Waals surface area contributed by atoms with Crippen molar-refractivity contribution in [3.05, 3.63) is 22.4 Å². The maximum Gasteiger partial charge on any atom is 0.233 e. The number of nitrogen functional groups attached to an aromatic ring is 1. The van der Waals surface area contributed by atoms with Crippen molar-refractivity contribution in [3.8, 4) is 0 Å². The summed E-state index contributed by atoms with van der Waals surface area (Å²) in [6.07, 6.45) is 0. The normalized spacial score (nSPS) is 10.5. The number of aromatic nitrogens is 2. The van der Waals surface area contributed by atoms with Crippen molar-refractivity contribution < 1.29 is 4.79 Å². The molecule has 0 unspecified atom stereocenters. The minimum Gasteiger partial charge on any atom is -0.374 e. The van der Waals surface area contributed by atoms with E-state index in [-0.39, 0.29) is 5.91 Å². The van der Waals surface area contributed by atoms with Crippen LogP contribution in [0.2, 0.25) is 0 Å². The number of amides is 1. The summed E-state index contributed by atoms with van der Waals surface area (Å²) in [7, 11) is 1.80. The molecule has 5 nitrogen and oxygen atoms in total. The first-order chi connectivity index (χ1) is 8.65. The van der Waals surface area contributed by atoms with E-state index in [1.807, 2.05) is 17.5 Å². The van der Waals surface area contributed by atoms with Crippen LogP contribution >= 0.6 is 34.4 Å². The van der Waals surface area contributed by atoms with Gasteiger partial charge in [0.2, 0.25) is 11.0 Å². The van der Waals surface area contributed by atoms with Gasteiger partial charge in [-0.2, -0.15) is 0 Å². The monoisotopic (exact) mass is 300 g/mol. The van der Waals surface area contributed by atoms with Crippen LogP contribution in [0.4, 0.5) is 5.13 Å². The average Bonchev–Trinajstić information content (AvgIpc) is 2.97. The molecular weight excluding hydrogens is 288 g/mol. The number of hydrogen-bond acceptors (Lipinski definition) is 7. The van der Waals surface area contributed by atoms with Crippen molar-refractivity contribution in [1.82, 2.24) is 15.1 Å². The molecule has 0 atom stereocenters. The second-order valence-corrected chi connectivity index (χ2v) is 6.79. The Kier molecular flexibility index (Phi) is 4.56. The van der Waals surface area contributed by atoms with E-state index in [0.29, 0.717) is 17.4 Å². The van der Waals surface area contributed by atoms with Gasteiger partial charge in [-0.15, -0.1) is 21.5 Å². The minimum atomic E-state index is 0.0715. The van der Waals surface area contributed by atoms with Crippen LogP contribution < -0.4 is 5.73 Å². The van der Waals surface area contributed by atoms with Crippen LogP contribution in [0.1, 0.15) is 4.88 Å². The Hall–Kier alpha value is -1.12. The molecule has 8 heteroatoms. The summed E-state index contributed by atoms with van der Waals surface area (Å²) in [6, 6.07) is 4.00. The van der Waals surface area contributed by atoms with Crippen LogP contribution in [0, 0.1) is 0 Å². The number of carbonyl (C=O) groups excluding carboxylic acids is 1. The van der Waals surface area contributed by atoms with Gasteiger partial charge < -0.3 is 10.6 Å². The Morgan fingerprint density at radius 3 is 3.00 bits per heavy atom. The van der Waals surface area contributed by atoms with Gasteiger partial charge >= 0.3 is 0 Å². The van der Waals surface area contributed by atoms with Gasteiger partial charge in [-0.1, -0.05) is 29.2 Å². The number of rotatable bonds is 5. The average molecular weight is 300 g/mol. The minimum absolute atomic E-state index is 0.0715. The van der Waals surface area contributed by atoms with Crippen molar-refractivity contribution in [3.63, 3.8) is 0 Å². The van der Waals surface area contributed by atoms with Gasteiger partial charge in [0, 0.05) is 11.9 Å². The van der Waals surface area contributed by atoms with E-state index < -0.39 is 0 Å². The predicted molar refractivity (Wildman–Crippen MR) is 75.8 cm³/mol. The molecule has 0 aliphatic rings. The van der Waals surface area contributed by atoms with Gasteiger partial charge in [-0.3, -0.25) is 4.79 Å². The molecule has 0 saturated heterocycles. The highest BCUT2D eigenvalue weighted by Gasteiger charge is 2.12. The third-order valence-electron chi connectivity index (χ3n) is 2.14. The van der Waals surface area contributed by atoms with Crippen molar-refractivity contribution in [1.29, 1.82) is 0 Å². The number of nitrogens with zero attached hydrogens (tertiary/aromatic N) is 3. The van der Waals surface area contributed by atoms with E-state index >= 15 is 0 Å². The molecule has 0 fully saturated rings. The molecule has 2 aromatic rings. The summed E-state index contributed by atoms with van der Waals surface area (Å²) in [6.45, 7) is 0.648. The van der Waals surface area contributed by atoms with Gasteiger partial charge in [-0.25, -0.2) is 0 Å². The van der Waals surface area contributed by atoms with Crippen molar-refractivity contribution in [2.45, 2.75) is 10.9 Å². The third-order valence-corrected chi connectivity index (χ3v) is 4.87. The summed E-state index contributed by atoms with van der Waals surface area (Å²) in [4.78, 5) is 14.8. The Morgan fingerprint density at radius 1 is 1.56 bits per heavy atom. The molecule has 1 amide bonds. The number of anilines is 1. The highest BCUT2D eigenvalue weighted by molar-refractivity contribution is 8.01. The van der Waals surface area contributed by atoms with E-state index in [0.717, 1.165) is 4.34 Å². The molecular formula is C10H12N4OS3. The molecule has 2 aromatic heterocycles. The van der Waals surface area contributed by atoms with Crippen LogP contribution in [-0.4, -0.2) is 33.8 Å². The lowest BCUT2D eigenvalue weighted by Gasteiger charge is -2.15. The molecule has 2 rings (SSSR count). The van der Waals surface area contributed by atoms with Crippen LogP contribution in [0.3, 0.4) is 0 Å². The van der Waals surface area contributed by atoms with Crippen molar-refractivity contribution in [2.75, 3.05) is 18.5 Å². The lowest BCUT2D eigenvalue weighted by molar-refractivity contribution is -0.127. The molecule has 18 heavy (non-hydrogen) atoms. The number of thioether (sulfide) groups is 1. The second kappa shape index (κ2) is 6.17. The Labute approximate surface area is 117 Å². The van der Waals surface area contributed by atoms with Crippen molar-refractivity contribution >= 4 is 45.5 Å². The number of carbonyl (C=O) groups is 1. The fourth-order valence-electron chi connectivity index (χ4n) is 1.24. The first kappa shape index (κ1) is 13.3. The summed E-state index contributed by atoms with van der Waals surface area (Å²) < 4.78 is 0.727. The number of nitrogens with two attached hydrogens (primary N) is 1. The van der Waals surface area contributed by atoms with E-state index in [9.17, 15) is 4.79 Å². The first-order valence-electron chi connectivity index (χ1n) is 5.13. The SMILES string of the molecule is CN(Cc1cccs1)C(=O)CSc1nnc(N)s1. The molecule has 0 aliphatic heterocycles. The van der Waals surface area contributed by atoms with Gasteiger partial charge in [-0.05, 0) is 11.4 Å². The maximum atomic E-state index is 11.9. The van der Waals surface area contributed by atoms with Crippen LogP contribution in [0.25, 0.3) is 0 Å². The summed E-state index contributed by atoms with van der Waals surface area (Å²) in [5.41, 5.74) is 5.47. The Balaban J connectivity index is 1.80. The Morgan fingerprint density at radius 2 is 2.39 bits per heavy atom. The van der Waals surface area contributed by atoms with Gasteiger partial charge in [0.05, 0.1) is 12.3 Å². The fourth-order valence-corrected chi connectivity index (χ4v) is 3.57. The number of hydrogen-bond donors (Lipinski definition) is 1. The highest BCUT2D eigenvalue weighted by atomic mass is 32.2. The maximum absolute atomic E-state index is 11.9. The summed E-state index contributed by atoms with van der Waals surface area (Å²) in [5, 5.41) is 10.00. The van der Waals surface area contributed by atoms with E-state index in [1.165, 1.54) is 28.0 Å². The van der Waals surface area contributed by atoms with Crippen LogP contribution in [0.15, 0.2) is 21.9 Å². The van der Waals surface area contributed by atoms with Gasteiger partial charge in [0.25, 0.3) is 0 Å². The zero-order valence-corrected chi connectivity index (χ0v) is 12.1. The molecule has 0 aliphatic carbocycles.